The van der Waals surface area contributed by atoms with Crippen LogP contribution in [0.5, 0.6) is 0 Å². The van der Waals surface area contributed by atoms with Crippen molar-refractivity contribution in [3.63, 3.8) is 0 Å². The Hall–Kier alpha value is 0.0899. The maximum absolute atomic E-state index is 5.91. The summed E-state index contributed by atoms with van der Waals surface area (Å²) in [5, 5.41) is 0. The summed E-state index contributed by atoms with van der Waals surface area (Å²) in [6, 6.07) is 0. The highest BCUT2D eigenvalue weighted by atomic mass is 15.0. The third-order valence-electron chi connectivity index (χ3n) is 2.54. The second-order valence-corrected chi connectivity index (χ2v) is 3.79. The van der Waals surface area contributed by atoms with Gasteiger partial charge in [-0.05, 0) is 25.9 Å². The molecule has 0 bridgehead atoms. The molecule has 12 heavy (non-hydrogen) atoms. The van der Waals surface area contributed by atoms with Gasteiger partial charge in [0.2, 0.25) is 0 Å². The van der Waals surface area contributed by atoms with Crippen molar-refractivity contribution in [2.24, 2.45) is 0 Å². The molecule has 0 spiro atoms. The minimum Gasteiger partial charge on any atom is -0.353 e. The van der Waals surface area contributed by atoms with Crippen molar-refractivity contribution < 1.29 is 0 Å². The lowest BCUT2D eigenvalue weighted by molar-refractivity contribution is 0.396. The number of hydrogen-bond acceptors (Lipinski definition) is 1. The topological polar surface area (TPSA) is 3.24 Å². The van der Waals surface area contributed by atoms with Gasteiger partial charge in [-0.15, -0.1) is 0 Å². The standard InChI is InChI=1S/C9H17B2N/c10-9-5-2-1-3-7-12(11)8-4-6-9/h9H,1-8H2. The minimum atomic E-state index is 0.413. The summed E-state index contributed by atoms with van der Waals surface area (Å²) in [7, 11) is 11.7. The molecule has 1 saturated heterocycles. The first-order chi connectivity index (χ1) is 5.79. The second-order valence-electron chi connectivity index (χ2n) is 3.79. The average Bonchev–Trinajstić information content (AvgIpc) is 2.04. The van der Waals surface area contributed by atoms with Gasteiger partial charge in [-0.25, -0.2) is 0 Å². The zero-order valence-electron chi connectivity index (χ0n) is 7.84. The molecule has 1 aliphatic rings. The molecule has 64 valence electrons. The monoisotopic (exact) mass is 161 g/mol. The van der Waals surface area contributed by atoms with E-state index in [1.165, 1.54) is 25.7 Å². The van der Waals surface area contributed by atoms with Crippen LogP contribution in [0, 0.1) is 0 Å². The van der Waals surface area contributed by atoms with Crippen LogP contribution in [0.4, 0.5) is 0 Å². The normalized spacial score (nSPS) is 29.8. The molecular formula is C9H17B2N. The maximum atomic E-state index is 5.91. The van der Waals surface area contributed by atoms with E-state index in [4.69, 9.17) is 15.8 Å². The molecule has 1 heterocycles. The summed E-state index contributed by atoms with van der Waals surface area (Å²) in [6.45, 7) is 2.06. The summed E-state index contributed by atoms with van der Waals surface area (Å²) < 4.78 is 0. The van der Waals surface area contributed by atoms with Gasteiger partial charge in [0.05, 0.1) is 7.85 Å². The highest BCUT2D eigenvalue weighted by Gasteiger charge is 2.05. The van der Waals surface area contributed by atoms with E-state index in [2.05, 4.69) is 0 Å². The second kappa shape index (κ2) is 5.69. The molecular weight excluding hydrogens is 144 g/mol. The summed E-state index contributed by atoms with van der Waals surface area (Å²) in [5.41, 5.74) is 0. The Morgan fingerprint density at radius 2 is 1.58 bits per heavy atom. The lowest BCUT2D eigenvalue weighted by Crippen LogP contribution is -2.23. The number of rotatable bonds is 0. The first kappa shape index (κ1) is 10.2. The van der Waals surface area contributed by atoms with Crippen molar-refractivity contribution in [3.05, 3.63) is 0 Å². The highest BCUT2D eigenvalue weighted by Crippen LogP contribution is 2.19. The summed E-state index contributed by atoms with van der Waals surface area (Å²) in [6.07, 6.45) is 7.26. The van der Waals surface area contributed by atoms with Crippen LogP contribution in [-0.2, 0) is 0 Å². The first-order valence-corrected chi connectivity index (χ1v) is 5.04. The molecule has 3 heteroatoms. The Balaban J connectivity index is 2.21. The SMILES string of the molecule is [B]C1CCCCCN([B])CCC1. The van der Waals surface area contributed by atoms with E-state index < -0.39 is 0 Å². The molecule has 1 unspecified atom stereocenters. The Labute approximate surface area is 78.7 Å². The fourth-order valence-corrected chi connectivity index (χ4v) is 1.71. The van der Waals surface area contributed by atoms with Crippen molar-refractivity contribution in [3.8, 4) is 0 Å². The first-order valence-electron chi connectivity index (χ1n) is 5.04. The fourth-order valence-electron chi connectivity index (χ4n) is 1.71. The van der Waals surface area contributed by atoms with E-state index in [1.807, 2.05) is 4.81 Å². The highest BCUT2D eigenvalue weighted by molar-refractivity contribution is 6.11. The predicted octanol–water partition coefficient (Wildman–Crippen LogP) is 1.68. The molecule has 1 nitrogen and oxygen atoms in total. The maximum Gasteiger partial charge on any atom is 0.182 e. The van der Waals surface area contributed by atoms with Crippen LogP contribution in [-0.4, -0.2) is 33.7 Å². The van der Waals surface area contributed by atoms with Crippen LogP contribution < -0.4 is 0 Å². The van der Waals surface area contributed by atoms with Crippen LogP contribution in [0.25, 0.3) is 0 Å². The van der Waals surface area contributed by atoms with Gasteiger partial charge in [-0.2, -0.15) is 0 Å². The molecule has 1 atom stereocenters. The molecule has 0 aromatic rings. The van der Waals surface area contributed by atoms with E-state index in [1.54, 1.807) is 0 Å². The minimum absolute atomic E-state index is 0.413. The van der Waals surface area contributed by atoms with Crippen LogP contribution in [0.15, 0.2) is 0 Å². The fraction of sp³-hybridized carbons (Fsp3) is 1.00. The molecule has 1 aliphatic heterocycles. The van der Waals surface area contributed by atoms with Gasteiger partial charge in [-0.1, -0.05) is 31.5 Å². The Morgan fingerprint density at radius 3 is 2.42 bits per heavy atom. The number of nitrogens with zero attached hydrogens (tertiary/aromatic N) is 1. The molecule has 0 amide bonds. The zero-order valence-corrected chi connectivity index (χ0v) is 7.84. The Morgan fingerprint density at radius 1 is 0.917 bits per heavy atom. The third kappa shape index (κ3) is 4.20. The van der Waals surface area contributed by atoms with Crippen LogP contribution >= 0.6 is 0 Å². The molecule has 0 N–H and O–H groups in total. The Kier molecular flexibility index (Phi) is 4.82. The van der Waals surface area contributed by atoms with Gasteiger partial charge >= 0.3 is 0 Å². The van der Waals surface area contributed by atoms with Crippen molar-refractivity contribution >= 4 is 15.8 Å². The van der Waals surface area contributed by atoms with Crippen LogP contribution in [0.2, 0.25) is 5.82 Å². The van der Waals surface area contributed by atoms with Crippen LogP contribution in [0.1, 0.15) is 38.5 Å². The van der Waals surface area contributed by atoms with Gasteiger partial charge in [0, 0.05) is 0 Å². The van der Waals surface area contributed by atoms with Gasteiger partial charge in [0.15, 0.2) is 7.98 Å². The zero-order chi connectivity index (χ0) is 8.81. The van der Waals surface area contributed by atoms with Crippen molar-refractivity contribution in [2.45, 2.75) is 44.3 Å². The van der Waals surface area contributed by atoms with Crippen molar-refractivity contribution in [1.82, 2.24) is 4.81 Å². The van der Waals surface area contributed by atoms with Gasteiger partial charge in [0.25, 0.3) is 0 Å². The summed E-state index contributed by atoms with van der Waals surface area (Å²) in [5.74, 6) is 0.413. The van der Waals surface area contributed by atoms with E-state index in [-0.39, 0.29) is 0 Å². The molecule has 0 saturated carbocycles. The summed E-state index contributed by atoms with van der Waals surface area (Å²) in [4.78, 5) is 1.93. The molecule has 0 aromatic heterocycles. The summed E-state index contributed by atoms with van der Waals surface area (Å²) >= 11 is 0. The Bertz CT molecular complexity index is 107. The lowest BCUT2D eigenvalue weighted by atomic mass is 9.79. The molecule has 0 aromatic carbocycles. The van der Waals surface area contributed by atoms with Gasteiger partial charge in [0.1, 0.15) is 0 Å². The van der Waals surface area contributed by atoms with Gasteiger partial charge < -0.3 is 4.81 Å². The van der Waals surface area contributed by atoms with E-state index in [0.717, 1.165) is 25.9 Å². The van der Waals surface area contributed by atoms with E-state index in [0.29, 0.717) is 5.82 Å². The lowest BCUT2D eigenvalue weighted by Gasteiger charge is -2.21. The average molecular weight is 161 g/mol. The number of hydrogen-bond donors (Lipinski definition) is 0. The molecule has 1 fully saturated rings. The quantitative estimate of drug-likeness (QED) is 0.488. The molecule has 0 aliphatic carbocycles. The molecule has 1 rings (SSSR count). The molecule has 4 radical (unpaired) electrons. The largest absolute Gasteiger partial charge is 0.353 e. The van der Waals surface area contributed by atoms with Crippen molar-refractivity contribution in [1.29, 1.82) is 0 Å². The van der Waals surface area contributed by atoms with Crippen molar-refractivity contribution in [2.75, 3.05) is 13.1 Å². The predicted molar refractivity (Wildman–Crippen MR) is 54.5 cm³/mol. The van der Waals surface area contributed by atoms with E-state index in [9.17, 15) is 0 Å². The van der Waals surface area contributed by atoms with E-state index >= 15 is 0 Å². The van der Waals surface area contributed by atoms with Crippen LogP contribution in [0.3, 0.4) is 0 Å². The van der Waals surface area contributed by atoms with Gasteiger partial charge in [-0.3, -0.25) is 0 Å². The smallest absolute Gasteiger partial charge is 0.182 e. The third-order valence-corrected chi connectivity index (χ3v) is 2.54.